The molecule has 0 radical (unpaired) electrons. The number of hydrogen-bond donors (Lipinski definition) is 1. The highest BCUT2D eigenvalue weighted by Gasteiger charge is 2.13. The number of aryl methyl sites for hydroxylation is 2. The number of rotatable bonds is 6. The largest absolute Gasteiger partial charge is 0.326 e. The third kappa shape index (κ3) is 4.59. The first-order valence-electron chi connectivity index (χ1n) is 8.33. The molecule has 7 nitrogen and oxygen atoms in total. The highest BCUT2D eigenvalue weighted by atomic mass is 32.2. The Bertz CT molecular complexity index is 982. The number of anilines is 1. The fraction of sp³-hybridized carbons (Fsp3) is 0.211. The lowest BCUT2D eigenvalue weighted by atomic mass is 10.1. The van der Waals surface area contributed by atoms with E-state index in [0.717, 1.165) is 11.3 Å². The smallest absolute Gasteiger partial charge is 0.221 e. The number of Topliss-reactive ketones (excluding diaryl/α,β-unsaturated/α-hetero) is 1. The number of tetrazole rings is 1. The second-order valence-electron chi connectivity index (χ2n) is 6.11. The zero-order valence-corrected chi connectivity index (χ0v) is 16.1. The molecule has 1 N–H and O–H groups in total. The lowest BCUT2D eigenvalue weighted by Gasteiger charge is -2.07. The molecule has 0 saturated carbocycles. The van der Waals surface area contributed by atoms with Crippen LogP contribution in [0.4, 0.5) is 5.69 Å². The fourth-order valence-electron chi connectivity index (χ4n) is 2.44. The van der Waals surface area contributed by atoms with E-state index in [1.54, 1.807) is 28.9 Å². The van der Waals surface area contributed by atoms with Crippen LogP contribution in [-0.2, 0) is 4.79 Å². The van der Waals surface area contributed by atoms with Gasteiger partial charge < -0.3 is 5.32 Å². The standard InChI is InChI=1S/C19H19N5O2S/c1-12-4-9-17(10-13(12)2)24-19(21-22-23-24)27-11-18(26)15-5-7-16(8-6-15)20-14(3)25/h4-10H,11H2,1-3H3,(H,20,25). The summed E-state index contributed by atoms with van der Waals surface area (Å²) in [6, 6.07) is 12.8. The van der Waals surface area contributed by atoms with Crippen molar-refractivity contribution in [1.29, 1.82) is 0 Å². The van der Waals surface area contributed by atoms with E-state index in [1.807, 2.05) is 32.0 Å². The van der Waals surface area contributed by atoms with E-state index in [0.29, 0.717) is 16.4 Å². The molecular formula is C19H19N5O2S. The van der Waals surface area contributed by atoms with Crippen molar-refractivity contribution in [1.82, 2.24) is 20.2 Å². The van der Waals surface area contributed by atoms with Crippen LogP contribution >= 0.6 is 11.8 Å². The van der Waals surface area contributed by atoms with Gasteiger partial charge in [-0.3, -0.25) is 9.59 Å². The maximum Gasteiger partial charge on any atom is 0.221 e. The first-order chi connectivity index (χ1) is 12.9. The van der Waals surface area contributed by atoms with Crippen molar-refractivity contribution in [2.45, 2.75) is 25.9 Å². The van der Waals surface area contributed by atoms with Gasteiger partial charge in [0, 0.05) is 18.2 Å². The highest BCUT2D eigenvalue weighted by molar-refractivity contribution is 7.99. The summed E-state index contributed by atoms with van der Waals surface area (Å²) in [7, 11) is 0. The van der Waals surface area contributed by atoms with Gasteiger partial charge in [-0.15, -0.1) is 5.10 Å². The van der Waals surface area contributed by atoms with Crippen molar-refractivity contribution in [3.8, 4) is 5.69 Å². The lowest BCUT2D eigenvalue weighted by molar-refractivity contribution is -0.114. The predicted octanol–water partition coefficient (Wildman–Crippen LogP) is 3.21. The van der Waals surface area contributed by atoms with Gasteiger partial charge in [-0.1, -0.05) is 17.8 Å². The molecule has 0 aliphatic heterocycles. The van der Waals surface area contributed by atoms with Crippen LogP contribution in [0.3, 0.4) is 0 Å². The van der Waals surface area contributed by atoms with Crippen LogP contribution < -0.4 is 5.32 Å². The highest BCUT2D eigenvalue weighted by Crippen LogP contribution is 2.21. The lowest BCUT2D eigenvalue weighted by Crippen LogP contribution is -2.07. The number of benzene rings is 2. The first-order valence-corrected chi connectivity index (χ1v) is 9.32. The average Bonchev–Trinajstić information content (AvgIpc) is 3.10. The molecule has 1 aromatic heterocycles. The van der Waals surface area contributed by atoms with Crippen molar-refractivity contribution in [2.24, 2.45) is 0 Å². The Morgan fingerprint density at radius 2 is 1.81 bits per heavy atom. The molecular weight excluding hydrogens is 362 g/mol. The van der Waals surface area contributed by atoms with Gasteiger partial charge in [-0.2, -0.15) is 4.68 Å². The summed E-state index contributed by atoms with van der Waals surface area (Å²) in [6.45, 7) is 5.52. The number of nitrogens with zero attached hydrogens (tertiary/aromatic N) is 4. The molecule has 0 aliphatic carbocycles. The van der Waals surface area contributed by atoms with Gasteiger partial charge in [0.2, 0.25) is 11.1 Å². The predicted molar refractivity (Wildman–Crippen MR) is 104 cm³/mol. The molecule has 3 rings (SSSR count). The van der Waals surface area contributed by atoms with Crippen LogP contribution in [0.25, 0.3) is 5.69 Å². The van der Waals surface area contributed by atoms with Gasteiger partial charge in [0.25, 0.3) is 0 Å². The van der Waals surface area contributed by atoms with Crippen LogP contribution in [0.5, 0.6) is 0 Å². The quantitative estimate of drug-likeness (QED) is 0.521. The fourth-order valence-corrected chi connectivity index (χ4v) is 3.23. The molecule has 0 fully saturated rings. The molecule has 3 aromatic rings. The van der Waals surface area contributed by atoms with Gasteiger partial charge in [0.15, 0.2) is 5.78 Å². The molecule has 0 aliphatic rings. The Morgan fingerprint density at radius 1 is 1.07 bits per heavy atom. The second kappa shape index (κ2) is 8.13. The summed E-state index contributed by atoms with van der Waals surface area (Å²) in [4.78, 5) is 23.5. The minimum absolute atomic E-state index is 0.0380. The van der Waals surface area contributed by atoms with Crippen LogP contribution in [0.15, 0.2) is 47.6 Å². The van der Waals surface area contributed by atoms with Gasteiger partial charge in [0.1, 0.15) is 0 Å². The number of carbonyl (C=O) groups excluding carboxylic acids is 2. The first kappa shape index (κ1) is 18.8. The molecule has 0 saturated heterocycles. The van der Waals surface area contributed by atoms with Crippen molar-refractivity contribution in [3.63, 3.8) is 0 Å². The number of thioether (sulfide) groups is 1. The van der Waals surface area contributed by atoms with E-state index in [4.69, 9.17) is 0 Å². The van der Waals surface area contributed by atoms with Crippen LogP contribution in [-0.4, -0.2) is 37.7 Å². The van der Waals surface area contributed by atoms with E-state index >= 15 is 0 Å². The zero-order chi connectivity index (χ0) is 19.4. The third-order valence-electron chi connectivity index (χ3n) is 4.04. The number of ketones is 1. The number of hydrogen-bond acceptors (Lipinski definition) is 6. The van der Waals surface area contributed by atoms with E-state index in [9.17, 15) is 9.59 Å². The third-order valence-corrected chi connectivity index (χ3v) is 4.95. The maximum absolute atomic E-state index is 12.4. The topological polar surface area (TPSA) is 89.8 Å². The summed E-state index contributed by atoms with van der Waals surface area (Å²) in [5, 5.41) is 15.0. The Balaban J connectivity index is 1.68. The Hall–Kier alpha value is -3.00. The van der Waals surface area contributed by atoms with Crippen LogP contribution in [0.1, 0.15) is 28.4 Å². The Morgan fingerprint density at radius 3 is 2.48 bits per heavy atom. The average molecular weight is 381 g/mol. The van der Waals surface area contributed by atoms with E-state index in [2.05, 4.69) is 20.8 Å². The monoisotopic (exact) mass is 381 g/mol. The molecule has 0 bridgehead atoms. The number of carbonyl (C=O) groups is 2. The van der Waals surface area contributed by atoms with E-state index < -0.39 is 0 Å². The Labute approximate surface area is 161 Å². The molecule has 0 atom stereocenters. The molecule has 138 valence electrons. The number of nitrogens with one attached hydrogen (secondary N) is 1. The summed E-state index contributed by atoms with van der Waals surface area (Å²) in [5.74, 6) is 0.0249. The molecule has 2 aromatic carbocycles. The second-order valence-corrected chi connectivity index (χ2v) is 7.05. The molecule has 8 heteroatoms. The van der Waals surface area contributed by atoms with Gasteiger partial charge >= 0.3 is 0 Å². The summed E-state index contributed by atoms with van der Waals surface area (Å²) < 4.78 is 1.63. The minimum Gasteiger partial charge on any atom is -0.326 e. The van der Waals surface area contributed by atoms with Gasteiger partial charge in [-0.05, 0) is 71.8 Å². The normalized spacial score (nSPS) is 10.6. The SMILES string of the molecule is CC(=O)Nc1ccc(C(=O)CSc2nnnn2-c2ccc(C)c(C)c2)cc1. The van der Waals surface area contributed by atoms with E-state index in [-0.39, 0.29) is 17.4 Å². The summed E-state index contributed by atoms with van der Waals surface area (Å²) in [5.41, 5.74) is 4.43. The van der Waals surface area contributed by atoms with Crippen molar-refractivity contribution >= 4 is 29.1 Å². The molecule has 1 heterocycles. The van der Waals surface area contributed by atoms with Crippen molar-refractivity contribution in [2.75, 3.05) is 11.1 Å². The van der Waals surface area contributed by atoms with E-state index in [1.165, 1.54) is 24.2 Å². The molecule has 1 amide bonds. The Kier molecular flexibility index (Phi) is 5.66. The minimum atomic E-state index is -0.150. The number of aromatic nitrogens is 4. The van der Waals surface area contributed by atoms with Gasteiger partial charge in [-0.25, -0.2) is 0 Å². The number of amides is 1. The van der Waals surface area contributed by atoms with Crippen molar-refractivity contribution < 1.29 is 9.59 Å². The molecule has 0 unspecified atom stereocenters. The zero-order valence-electron chi connectivity index (χ0n) is 15.3. The summed E-state index contributed by atoms with van der Waals surface area (Å²) >= 11 is 1.28. The van der Waals surface area contributed by atoms with Crippen molar-refractivity contribution in [3.05, 3.63) is 59.2 Å². The molecule has 27 heavy (non-hydrogen) atoms. The maximum atomic E-state index is 12.4. The van der Waals surface area contributed by atoms with Crippen LogP contribution in [0.2, 0.25) is 0 Å². The van der Waals surface area contributed by atoms with Gasteiger partial charge in [0.05, 0.1) is 11.4 Å². The summed E-state index contributed by atoms with van der Waals surface area (Å²) in [6.07, 6.45) is 0. The molecule has 0 spiro atoms. The van der Waals surface area contributed by atoms with Crippen LogP contribution in [0, 0.1) is 13.8 Å².